The van der Waals surface area contributed by atoms with Gasteiger partial charge in [-0.05, 0) is 73.5 Å². The molecule has 6 aromatic carbocycles. The van der Waals surface area contributed by atoms with Crippen LogP contribution >= 0.6 is 0 Å². The molecule has 6 heteroatoms. The summed E-state index contributed by atoms with van der Waals surface area (Å²) < 4.78 is 10.8. The Labute approximate surface area is 327 Å². The lowest BCUT2D eigenvalue weighted by atomic mass is 9.99. The predicted molar refractivity (Wildman–Crippen MR) is 232 cm³/mol. The zero-order chi connectivity index (χ0) is 37.5. The number of furan rings is 1. The fraction of sp³-hybridized carbons (Fsp3) is 0.0392. The fourth-order valence-corrected chi connectivity index (χ4v) is 8.89. The third-order valence-corrected chi connectivity index (χ3v) is 11.4. The smallest absolute Gasteiger partial charge is 0.235 e. The van der Waals surface area contributed by atoms with E-state index in [1.54, 1.807) is 0 Å². The summed E-state index contributed by atoms with van der Waals surface area (Å²) in [6, 6.07) is 56.9. The highest BCUT2D eigenvalue weighted by atomic mass is 16.3. The molecule has 0 radical (unpaired) electrons. The zero-order valence-electron chi connectivity index (χ0n) is 30.8. The minimum Gasteiger partial charge on any atom is -0.456 e. The van der Waals surface area contributed by atoms with Crippen LogP contribution in [0.25, 0.3) is 106 Å². The molecule has 1 aliphatic carbocycles. The maximum absolute atomic E-state index is 6.14. The van der Waals surface area contributed by atoms with Gasteiger partial charge in [-0.1, -0.05) is 115 Å². The van der Waals surface area contributed by atoms with Gasteiger partial charge in [0, 0.05) is 54.9 Å². The van der Waals surface area contributed by atoms with E-state index in [2.05, 4.69) is 161 Å². The second-order valence-corrected chi connectivity index (χ2v) is 14.7. The number of allylic oxidation sites excluding steroid dienone is 1. The molecule has 11 aromatic rings. The highest BCUT2D eigenvalue weighted by molar-refractivity contribution is 6.23. The number of fused-ring (bicyclic) bond motifs is 10. The minimum absolute atomic E-state index is 0.640. The molecule has 0 amide bonds. The van der Waals surface area contributed by atoms with Gasteiger partial charge in [0.25, 0.3) is 0 Å². The Morgan fingerprint density at radius 2 is 1.14 bits per heavy atom. The fourth-order valence-electron chi connectivity index (χ4n) is 8.89. The van der Waals surface area contributed by atoms with Crippen LogP contribution < -0.4 is 0 Å². The topological polar surface area (TPSA) is 61.7 Å². The van der Waals surface area contributed by atoms with Crippen LogP contribution in [0, 0.1) is 0 Å². The van der Waals surface area contributed by atoms with Crippen molar-refractivity contribution in [1.82, 2.24) is 24.1 Å². The lowest BCUT2D eigenvalue weighted by Crippen LogP contribution is -2.05. The van der Waals surface area contributed by atoms with E-state index in [4.69, 9.17) is 19.4 Å². The first-order valence-corrected chi connectivity index (χ1v) is 19.4. The normalized spacial score (nSPS) is 12.7. The van der Waals surface area contributed by atoms with Crippen LogP contribution in [0.2, 0.25) is 0 Å². The van der Waals surface area contributed by atoms with Crippen LogP contribution in [-0.4, -0.2) is 24.1 Å². The Morgan fingerprint density at radius 1 is 0.456 bits per heavy atom. The van der Waals surface area contributed by atoms with Crippen molar-refractivity contribution in [3.63, 3.8) is 0 Å². The van der Waals surface area contributed by atoms with Crippen molar-refractivity contribution in [2.45, 2.75) is 12.8 Å². The molecule has 0 saturated carbocycles. The van der Waals surface area contributed by atoms with Crippen molar-refractivity contribution in [3.05, 3.63) is 181 Å². The highest BCUT2D eigenvalue weighted by Gasteiger charge is 2.25. The largest absolute Gasteiger partial charge is 0.456 e. The molecule has 0 spiro atoms. The molecular weight excluding hydrogens is 699 g/mol. The molecule has 0 fully saturated rings. The van der Waals surface area contributed by atoms with E-state index in [0.717, 1.165) is 96.3 Å². The Bertz CT molecular complexity index is 3350. The molecule has 5 aromatic heterocycles. The number of rotatable bonds is 5. The van der Waals surface area contributed by atoms with E-state index < -0.39 is 0 Å². The van der Waals surface area contributed by atoms with Crippen molar-refractivity contribution < 1.29 is 4.42 Å². The first-order valence-electron chi connectivity index (χ1n) is 19.4. The summed E-state index contributed by atoms with van der Waals surface area (Å²) in [6.07, 6.45) is 6.50. The molecule has 0 atom stereocenters. The number of benzene rings is 6. The number of aromatic nitrogens is 5. The molecule has 12 rings (SSSR count). The van der Waals surface area contributed by atoms with Crippen LogP contribution in [0.3, 0.4) is 0 Å². The van der Waals surface area contributed by atoms with Crippen molar-refractivity contribution >= 4 is 60.7 Å². The van der Waals surface area contributed by atoms with Gasteiger partial charge in [0.2, 0.25) is 5.95 Å². The molecule has 268 valence electrons. The summed E-state index contributed by atoms with van der Waals surface area (Å²) in [7, 11) is 0. The molecule has 0 N–H and O–H groups in total. The molecule has 0 saturated heterocycles. The van der Waals surface area contributed by atoms with E-state index in [1.807, 2.05) is 24.3 Å². The van der Waals surface area contributed by atoms with Gasteiger partial charge in [-0.15, -0.1) is 0 Å². The predicted octanol–water partition coefficient (Wildman–Crippen LogP) is 12.8. The van der Waals surface area contributed by atoms with Crippen molar-refractivity contribution in [1.29, 1.82) is 0 Å². The van der Waals surface area contributed by atoms with E-state index in [-0.39, 0.29) is 0 Å². The summed E-state index contributed by atoms with van der Waals surface area (Å²) in [5.74, 6) is 1.54. The number of para-hydroxylation sites is 2. The molecule has 0 aliphatic heterocycles. The van der Waals surface area contributed by atoms with E-state index in [1.165, 1.54) is 22.0 Å². The van der Waals surface area contributed by atoms with Gasteiger partial charge < -0.3 is 4.42 Å². The summed E-state index contributed by atoms with van der Waals surface area (Å²) in [4.78, 5) is 15.9. The van der Waals surface area contributed by atoms with Crippen LogP contribution in [0.15, 0.2) is 174 Å². The van der Waals surface area contributed by atoms with Gasteiger partial charge in [0.05, 0.1) is 33.6 Å². The lowest BCUT2D eigenvalue weighted by molar-refractivity contribution is 0.669. The standard InChI is InChI=1S/C51H33N5O/c1-3-14-32(15-4-1)40-31-41(33-16-5-2-6-17-33)54-51(53-40)56-43-23-11-8-20-37(43)50-45(56)28-27-44-49(50)36-19-7-10-22-42(36)55(44)48-25-13-21-39(52-48)34-26-29-47-38(30-34)35-18-9-12-24-46(35)57-47/h1-9,11-21,23-31H,10,22H2. The first-order chi connectivity index (χ1) is 28.3. The van der Waals surface area contributed by atoms with Gasteiger partial charge in [0.1, 0.15) is 17.0 Å². The van der Waals surface area contributed by atoms with Gasteiger partial charge in [-0.25, -0.2) is 15.0 Å². The minimum atomic E-state index is 0.640. The monoisotopic (exact) mass is 731 g/mol. The van der Waals surface area contributed by atoms with Crippen molar-refractivity contribution in [2.24, 2.45) is 0 Å². The van der Waals surface area contributed by atoms with Gasteiger partial charge in [-0.3, -0.25) is 9.13 Å². The second kappa shape index (κ2) is 12.5. The van der Waals surface area contributed by atoms with Gasteiger partial charge in [-0.2, -0.15) is 0 Å². The Hall–Kier alpha value is -7.57. The van der Waals surface area contributed by atoms with Crippen LogP contribution in [0.1, 0.15) is 17.7 Å². The van der Waals surface area contributed by atoms with Crippen LogP contribution in [-0.2, 0) is 6.42 Å². The number of nitrogens with zero attached hydrogens (tertiary/aromatic N) is 5. The second-order valence-electron chi connectivity index (χ2n) is 14.7. The molecular formula is C51H33N5O. The average molecular weight is 732 g/mol. The SMILES string of the molecule is C1=Cc2c(n(-c3cccc(-c4ccc5oc6ccccc6c5c4)n3)c3ccc4c(c5ccccc5n4-c4nc(-c5ccccc5)cc(-c5ccccc5)n4)c23)CC1. The van der Waals surface area contributed by atoms with Gasteiger partial charge >= 0.3 is 0 Å². The van der Waals surface area contributed by atoms with Crippen LogP contribution in [0.5, 0.6) is 0 Å². The van der Waals surface area contributed by atoms with Crippen molar-refractivity contribution in [2.75, 3.05) is 0 Å². The number of hydrogen-bond acceptors (Lipinski definition) is 4. The zero-order valence-corrected chi connectivity index (χ0v) is 30.8. The van der Waals surface area contributed by atoms with E-state index >= 15 is 0 Å². The molecule has 57 heavy (non-hydrogen) atoms. The van der Waals surface area contributed by atoms with Crippen molar-refractivity contribution in [3.8, 4) is 45.5 Å². The molecule has 1 aliphatic rings. The Morgan fingerprint density at radius 3 is 1.93 bits per heavy atom. The summed E-state index contributed by atoms with van der Waals surface area (Å²) in [5.41, 5.74) is 13.4. The third kappa shape index (κ3) is 4.94. The van der Waals surface area contributed by atoms with Crippen LogP contribution in [0.4, 0.5) is 0 Å². The average Bonchev–Trinajstić information content (AvgIpc) is 3.94. The summed E-state index contributed by atoms with van der Waals surface area (Å²) in [6.45, 7) is 0. The first kappa shape index (κ1) is 31.7. The number of hydrogen-bond donors (Lipinski definition) is 0. The summed E-state index contributed by atoms with van der Waals surface area (Å²) in [5, 5.41) is 5.77. The highest BCUT2D eigenvalue weighted by Crippen LogP contribution is 2.43. The Kier molecular flexibility index (Phi) is 6.95. The number of pyridine rings is 1. The molecule has 5 heterocycles. The maximum atomic E-state index is 6.14. The molecule has 0 unspecified atom stereocenters. The van der Waals surface area contributed by atoms with E-state index in [9.17, 15) is 0 Å². The van der Waals surface area contributed by atoms with Gasteiger partial charge in [0.15, 0.2) is 0 Å². The maximum Gasteiger partial charge on any atom is 0.235 e. The Balaban J connectivity index is 1.09. The third-order valence-electron chi connectivity index (χ3n) is 11.4. The molecule has 6 nitrogen and oxygen atoms in total. The lowest BCUT2D eigenvalue weighted by Gasteiger charge is -2.13. The summed E-state index contributed by atoms with van der Waals surface area (Å²) >= 11 is 0. The van der Waals surface area contributed by atoms with E-state index in [0.29, 0.717) is 5.95 Å². The quantitative estimate of drug-likeness (QED) is 0.177. The molecule has 0 bridgehead atoms.